The van der Waals surface area contributed by atoms with Gasteiger partial charge in [-0.2, -0.15) is 0 Å². The van der Waals surface area contributed by atoms with Crippen molar-refractivity contribution in [1.29, 1.82) is 0 Å². The van der Waals surface area contributed by atoms with Gasteiger partial charge in [0.25, 0.3) is 0 Å². The predicted molar refractivity (Wildman–Crippen MR) is 66.5 cm³/mol. The summed E-state index contributed by atoms with van der Waals surface area (Å²) in [4.78, 5) is 14.3. The van der Waals surface area contributed by atoms with Crippen LogP contribution in [0.5, 0.6) is 0 Å². The maximum absolute atomic E-state index is 12.4. The fourth-order valence-electron chi connectivity index (χ4n) is 3.20. The van der Waals surface area contributed by atoms with Crippen LogP contribution in [0, 0.1) is 11.8 Å². The molecule has 1 saturated heterocycles. The second kappa shape index (κ2) is 5.83. The van der Waals surface area contributed by atoms with E-state index in [4.69, 9.17) is 10.5 Å². The summed E-state index contributed by atoms with van der Waals surface area (Å²) in [5.74, 6) is 0.982. The molecule has 4 heteroatoms. The molecule has 1 aliphatic heterocycles. The van der Waals surface area contributed by atoms with Gasteiger partial charge in [0, 0.05) is 32.2 Å². The summed E-state index contributed by atoms with van der Waals surface area (Å²) in [7, 11) is 1.95. The van der Waals surface area contributed by atoms with Crippen LogP contribution >= 0.6 is 0 Å². The Bertz CT molecular complexity index is 264. The number of nitrogens with zero attached hydrogens (tertiary/aromatic N) is 1. The van der Waals surface area contributed by atoms with E-state index in [2.05, 4.69) is 0 Å². The van der Waals surface area contributed by atoms with Crippen molar-refractivity contribution in [3.63, 3.8) is 0 Å². The van der Waals surface area contributed by atoms with Crippen LogP contribution in [0.1, 0.15) is 32.1 Å². The van der Waals surface area contributed by atoms with Gasteiger partial charge in [-0.3, -0.25) is 4.79 Å². The van der Waals surface area contributed by atoms with Crippen LogP contribution in [0.3, 0.4) is 0 Å². The normalized spacial score (nSPS) is 30.5. The fourth-order valence-corrected chi connectivity index (χ4v) is 3.20. The van der Waals surface area contributed by atoms with Gasteiger partial charge in [0.2, 0.25) is 5.91 Å². The lowest BCUT2D eigenvalue weighted by molar-refractivity contribution is -0.140. The van der Waals surface area contributed by atoms with Gasteiger partial charge < -0.3 is 15.4 Å². The van der Waals surface area contributed by atoms with Crippen LogP contribution in [0.2, 0.25) is 0 Å². The highest BCUT2D eigenvalue weighted by Crippen LogP contribution is 2.30. The summed E-state index contributed by atoms with van der Waals surface area (Å²) in [6.07, 6.45) is 5.25. The summed E-state index contributed by atoms with van der Waals surface area (Å²) < 4.78 is 5.31. The van der Waals surface area contributed by atoms with Gasteiger partial charge in [0.15, 0.2) is 0 Å². The molecule has 98 valence electrons. The largest absolute Gasteiger partial charge is 0.381 e. The Hall–Kier alpha value is -0.610. The van der Waals surface area contributed by atoms with Crippen LogP contribution in [-0.2, 0) is 9.53 Å². The lowest BCUT2D eigenvalue weighted by Crippen LogP contribution is -2.45. The maximum Gasteiger partial charge on any atom is 0.225 e. The van der Waals surface area contributed by atoms with Gasteiger partial charge >= 0.3 is 0 Å². The van der Waals surface area contributed by atoms with E-state index < -0.39 is 0 Å². The molecule has 1 saturated carbocycles. The molecule has 2 N–H and O–H groups in total. The van der Waals surface area contributed by atoms with Crippen molar-refractivity contribution in [1.82, 2.24) is 4.90 Å². The van der Waals surface area contributed by atoms with E-state index in [1.54, 1.807) is 0 Å². The maximum atomic E-state index is 12.4. The van der Waals surface area contributed by atoms with Crippen LogP contribution in [0.4, 0.5) is 0 Å². The minimum atomic E-state index is 0.174. The molecule has 0 radical (unpaired) electrons. The van der Waals surface area contributed by atoms with E-state index in [0.717, 1.165) is 32.5 Å². The molecule has 2 fully saturated rings. The number of ether oxygens (including phenoxy) is 1. The standard InChI is InChI=1S/C13H24N2O2/c1-15(12-4-2-3-11(12)9-14)13(16)10-5-7-17-8-6-10/h10-12H,2-9,14H2,1H3. The zero-order valence-electron chi connectivity index (χ0n) is 10.7. The highest BCUT2D eigenvalue weighted by atomic mass is 16.5. The number of amides is 1. The van der Waals surface area contributed by atoms with Crippen LogP contribution in [-0.4, -0.2) is 43.7 Å². The molecule has 0 aromatic rings. The van der Waals surface area contributed by atoms with Gasteiger partial charge in [-0.05, 0) is 38.1 Å². The number of carbonyl (C=O) groups is 1. The Balaban J connectivity index is 1.93. The molecule has 17 heavy (non-hydrogen) atoms. The highest BCUT2D eigenvalue weighted by molar-refractivity contribution is 5.79. The molecule has 0 bridgehead atoms. The Labute approximate surface area is 103 Å². The molecular weight excluding hydrogens is 216 g/mol. The van der Waals surface area contributed by atoms with E-state index in [1.165, 1.54) is 12.8 Å². The summed E-state index contributed by atoms with van der Waals surface area (Å²) >= 11 is 0. The van der Waals surface area contributed by atoms with Crippen molar-refractivity contribution < 1.29 is 9.53 Å². The monoisotopic (exact) mass is 240 g/mol. The van der Waals surface area contributed by atoms with Crippen molar-refractivity contribution in [2.75, 3.05) is 26.8 Å². The van der Waals surface area contributed by atoms with Crippen molar-refractivity contribution in [3.05, 3.63) is 0 Å². The summed E-state index contributed by atoms with van der Waals surface area (Å²) in [5.41, 5.74) is 5.78. The average molecular weight is 240 g/mol. The lowest BCUT2D eigenvalue weighted by atomic mass is 9.96. The number of carbonyl (C=O) groups excluding carboxylic acids is 1. The molecule has 2 aliphatic rings. The third kappa shape index (κ3) is 2.80. The van der Waals surface area contributed by atoms with E-state index in [9.17, 15) is 4.79 Å². The van der Waals surface area contributed by atoms with Gasteiger partial charge in [-0.15, -0.1) is 0 Å². The smallest absolute Gasteiger partial charge is 0.225 e. The third-order valence-corrected chi connectivity index (χ3v) is 4.34. The van der Waals surface area contributed by atoms with Gasteiger partial charge in [-0.25, -0.2) is 0 Å². The zero-order valence-corrected chi connectivity index (χ0v) is 10.7. The molecular formula is C13H24N2O2. The minimum absolute atomic E-state index is 0.174. The highest BCUT2D eigenvalue weighted by Gasteiger charge is 2.34. The molecule has 0 spiro atoms. The quantitative estimate of drug-likeness (QED) is 0.800. The van der Waals surface area contributed by atoms with Crippen molar-refractivity contribution in [2.45, 2.75) is 38.1 Å². The molecule has 0 aromatic carbocycles. The van der Waals surface area contributed by atoms with Crippen molar-refractivity contribution >= 4 is 5.91 Å². The van der Waals surface area contributed by atoms with Gasteiger partial charge in [0.05, 0.1) is 0 Å². The van der Waals surface area contributed by atoms with Gasteiger partial charge in [-0.1, -0.05) is 6.42 Å². The number of hydrogen-bond acceptors (Lipinski definition) is 3. The Morgan fingerprint density at radius 1 is 1.29 bits per heavy atom. The van der Waals surface area contributed by atoms with E-state index in [1.807, 2.05) is 11.9 Å². The Kier molecular flexibility index (Phi) is 4.40. The van der Waals surface area contributed by atoms with Gasteiger partial charge in [0.1, 0.15) is 0 Å². The van der Waals surface area contributed by atoms with Crippen molar-refractivity contribution in [3.8, 4) is 0 Å². The van der Waals surface area contributed by atoms with Crippen molar-refractivity contribution in [2.24, 2.45) is 17.6 Å². The summed E-state index contributed by atoms with van der Waals surface area (Å²) in [6, 6.07) is 0.371. The number of hydrogen-bond donors (Lipinski definition) is 1. The van der Waals surface area contributed by atoms with Crippen LogP contribution in [0.15, 0.2) is 0 Å². The first-order valence-electron chi connectivity index (χ1n) is 6.78. The molecule has 4 nitrogen and oxygen atoms in total. The Morgan fingerprint density at radius 3 is 2.65 bits per heavy atom. The molecule has 2 rings (SSSR count). The third-order valence-electron chi connectivity index (χ3n) is 4.34. The first-order chi connectivity index (χ1) is 8.24. The molecule has 2 atom stereocenters. The van der Waals surface area contributed by atoms with E-state index >= 15 is 0 Å². The summed E-state index contributed by atoms with van der Waals surface area (Å²) in [6.45, 7) is 2.17. The van der Waals surface area contributed by atoms with E-state index in [0.29, 0.717) is 24.4 Å². The number of rotatable bonds is 3. The van der Waals surface area contributed by atoms with Crippen LogP contribution in [0.25, 0.3) is 0 Å². The first-order valence-corrected chi connectivity index (χ1v) is 6.78. The second-order valence-corrected chi connectivity index (χ2v) is 5.33. The predicted octanol–water partition coefficient (Wildman–Crippen LogP) is 0.999. The SMILES string of the molecule is CN(C(=O)C1CCOCC1)C1CCCC1CN. The second-order valence-electron chi connectivity index (χ2n) is 5.33. The summed E-state index contributed by atoms with van der Waals surface area (Å²) in [5, 5.41) is 0. The van der Waals surface area contributed by atoms with E-state index in [-0.39, 0.29) is 5.92 Å². The first kappa shape index (κ1) is 12.8. The Morgan fingerprint density at radius 2 is 2.00 bits per heavy atom. The molecule has 1 aliphatic carbocycles. The average Bonchev–Trinajstić information content (AvgIpc) is 2.86. The topological polar surface area (TPSA) is 55.6 Å². The minimum Gasteiger partial charge on any atom is -0.381 e. The van der Waals surface area contributed by atoms with Crippen LogP contribution < -0.4 is 5.73 Å². The fraction of sp³-hybridized carbons (Fsp3) is 0.923. The molecule has 1 heterocycles. The zero-order chi connectivity index (χ0) is 12.3. The number of nitrogens with two attached hydrogens (primary N) is 1. The molecule has 0 aromatic heterocycles. The molecule has 1 amide bonds. The molecule has 2 unspecified atom stereocenters. The lowest BCUT2D eigenvalue weighted by Gasteiger charge is -2.33.